The van der Waals surface area contributed by atoms with Crippen LogP contribution in [0, 0.1) is 10.1 Å². The molecule has 0 heterocycles. The van der Waals surface area contributed by atoms with Crippen LogP contribution in [0.5, 0.6) is 0 Å². The van der Waals surface area contributed by atoms with Gasteiger partial charge in [0.25, 0.3) is 5.69 Å². The summed E-state index contributed by atoms with van der Waals surface area (Å²) in [6, 6.07) is 11.4. The quantitative estimate of drug-likeness (QED) is 0.391. The fraction of sp³-hybridized carbons (Fsp3) is 0.143. The first-order valence-corrected chi connectivity index (χ1v) is 6.14. The molecule has 0 fully saturated rings. The van der Waals surface area contributed by atoms with Gasteiger partial charge in [-0.1, -0.05) is 6.92 Å². The molecule has 6 heteroatoms. The highest BCUT2D eigenvalue weighted by Crippen LogP contribution is 2.25. The summed E-state index contributed by atoms with van der Waals surface area (Å²) in [6.45, 7) is 2.01. The molecule has 2 aromatic carbocycles. The van der Waals surface area contributed by atoms with Crippen molar-refractivity contribution in [1.29, 1.82) is 0 Å². The average molecular weight is 270 g/mol. The summed E-state index contributed by atoms with van der Waals surface area (Å²) in [5.74, 6) is 0. The predicted molar refractivity (Wildman–Crippen MR) is 77.5 cm³/mol. The molecule has 2 rings (SSSR count). The van der Waals surface area contributed by atoms with Crippen molar-refractivity contribution in [2.75, 3.05) is 5.73 Å². The molecule has 102 valence electrons. The highest BCUT2D eigenvalue weighted by atomic mass is 16.6. The summed E-state index contributed by atoms with van der Waals surface area (Å²) in [4.78, 5) is 10.1. The van der Waals surface area contributed by atoms with Crippen molar-refractivity contribution in [3.63, 3.8) is 0 Å². The Bertz CT molecular complexity index is 651. The second-order valence-corrected chi connectivity index (χ2v) is 4.22. The van der Waals surface area contributed by atoms with Gasteiger partial charge in [-0.05, 0) is 42.3 Å². The second kappa shape index (κ2) is 5.92. The Kier molecular flexibility index (Phi) is 4.05. The Morgan fingerprint density at radius 1 is 1.15 bits per heavy atom. The number of nitrogen functional groups attached to an aromatic ring is 1. The Morgan fingerprint density at radius 2 is 1.85 bits per heavy atom. The number of aryl methyl sites for hydroxylation is 1. The van der Waals surface area contributed by atoms with E-state index in [9.17, 15) is 10.1 Å². The van der Waals surface area contributed by atoms with E-state index in [2.05, 4.69) is 10.2 Å². The van der Waals surface area contributed by atoms with Crippen molar-refractivity contribution < 1.29 is 4.92 Å². The van der Waals surface area contributed by atoms with Crippen molar-refractivity contribution in [3.05, 3.63) is 58.1 Å². The Hall–Kier alpha value is -2.76. The van der Waals surface area contributed by atoms with Crippen LogP contribution in [-0.2, 0) is 6.42 Å². The number of hydrogen-bond donors (Lipinski definition) is 1. The molecule has 0 aromatic heterocycles. The Labute approximate surface area is 116 Å². The molecule has 2 aromatic rings. The van der Waals surface area contributed by atoms with Gasteiger partial charge in [-0.3, -0.25) is 10.1 Å². The molecule has 0 saturated heterocycles. The van der Waals surface area contributed by atoms with Crippen LogP contribution in [-0.4, -0.2) is 4.92 Å². The summed E-state index contributed by atoms with van der Waals surface area (Å²) in [5.41, 5.74) is 8.77. The van der Waals surface area contributed by atoms with Gasteiger partial charge in [0.2, 0.25) is 0 Å². The highest BCUT2D eigenvalue weighted by Gasteiger charge is 2.04. The Morgan fingerprint density at radius 3 is 2.45 bits per heavy atom. The normalized spacial score (nSPS) is 10.8. The van der Waals surface area contributed by atoms with Gasteiger partial charge in [0.15, 0.2) is 0 Å². The van der Waals surface area contributed by atoms with E-state index in [4.69, 9.17) is 5.73 Å². The third-order valence-electron chi connectivity index (χ3n) is 2.82. The Balaban J connectivity index is 2.23. The summed E-state index contributed by atoms with van der Waals surface area (Å²) in [7, 11) is 0. The van der Waals surface area contributed by atoms with Crippen LogP contribution in [0.3, 0.4) is 0 Å². The zero-order chi connectivity index (χ0) is 14.5. The third kappa shape index (κ3) is 3.17. The van der Waals surface area contributed by atoms with E-state index >= 15 is 0 Å². The molecule has 20 heavy (non-hydrogen) atoms. The van der Waals surface area contributed by atoms with Crippen LogP contribution < -0.4 is 5.73 Å². The van der Waals surface area contributed by atoms with Crippen LogP contribution >= 0.6 is 0 Å². The molecule has 0 aliphatic carbocycles. The van der Waals surface area contributed by atoms with Gasteiger partial charge in [0.05, 0.1) is 16.3 Å². The van der Waals surface area contributed by atoms with E-state index < -0.39 is 4.92 Å². The van der Waals surface area contributed by atoms with Gasteiger partial charge < -0.3 is 5.73 Å². The molecule has 0 amide bonds. The lowest BCUT2D eigenvalue weighted by Gasteiger charge is -2.02. The summed E-state index contributed by atoms with van der Waals surface area (Å²) in [6.07, 6.45) is 0.805. The lowest BCUT2D eigenvalue weighted by atomic mass is 10.1. The third-order valence-corrected chi connectivity index (χ3v) is 2.82. The molecule has 0 saturated carbocycles. The van der Waals surface area contributed by atoms with Crippen molar-refractivity contribution in [1.82, 2.24) is 0 Å². The van der Waals surface area contributed by atoms with Crippen molar-refractivity contribution >= 4 is 22.7 Å². The van der Waals surface area contributed by atoms with Crippen LogP contribution in [0.25, 0.3) is 0 Å². The number of nitro groups is 1. The number of nitrogens with two attached hydrogens (primary N) is 1. The lowest BCUT2D eigenvalue weighted by Crippen LogP contribution is -1.87. The molecule has 0 bridgehead atoms. The van der Waals surface area contributed by atoms with Crippen LogP contribution in [0.1, 0.15) is 12.5 Å². The summed E-state index contributed by atoms with van der Waals surface area (Å²) < 4.78 is 0. The second-order valence-electron chi connectivity index (χ2n) is 4.22. The number of benzene rings is 2. The molecule has 0 aliphatic rings. The fourth-order valence-electron chi connectivity index (χ4n) is 1.74. The maximum absolute atomic E-state index is 10.5. The van der Waals surface area contributed by atoms with Crippen LogP contribution in [0.2, 0.25) is 0 Å². The predicted octanol–water partition coefficient (Wildman–Crippen LogP) is 4.15. The van der Waals surface area contributed by atoms with E-state index in [1.807, 2.05) is 19.1 Å². The molecule has 0 radical (unpaired) electrons. The van der Waals surface area contributed by atoms with Crippen LogP contribution in [0.4, 0.5) is 22.7 Å². The van der Waals surface area contributed by atoms with Gasteiger partial charge in [0.1, 0.15) is 0 Å². The van der Waals surface area contributed by atoms with E-state index in [1.54, 1.807) is 18.2 Å². The number of nitrogens with zero attached hydrogens (tertiary/aromatic N) is 3. The number of nitro benzene ring substituents is 1. The minimum atomic E-state index is -0.448. The SMILES string of the molecule is CCc1cc(N)ccc1N=Nc1ccc([N+](=O)[O-])cc1. The molecular weight excluding hydrogens is 256 g/mol. The standard InChI is InChI=1S/C14H14N4O2/c1-2-10-9-11(15)3-8-14(10)17-16-12-4-6-13(7-5-12)18(19)20/h3-9H,2,15H2,1H3. The highest BCUT2D eigenvalue weighted by molar-refractivity contribution is 5.55. The molecule has 2 N–H and O–H groups in total. The van der Waals surface area contributed by atoms with E-state index in [-0.39, 0.29) is 5.69 Å². The molecule has 0 aliphatic heterocycles. The molecule has 0 unspecified atom stereocenters. The first kappa shape index (κ1) is 13.7. The average Bonchev–Trinajstić information content (AvgIpc) is 2.46. The zero-order valence-electron chi connectivity index (χ0n) is 11.0. The minimum absolute atomic E-state index is 0.0330. The lowest BCUT2D eigenvalue weighted by molar-refractivity contribution is -0.384. The maximum atomic E-state index is 10.5. The van der Waals surface area contributed by atoms with Crippen molar-refractivity contribution in [3.8, 4) is 0 Å². The summed E-state index contributed by atoms with van der Waals surface area (Å²) in [5, 5.41) is 18.8. The first-order valence-electron chi connectivity index (χ1n) is 6.14. The number of rotatable bonds is 4. The maximum Gasteiger partial charge on any atom is 0.269 e. The van der Waals surface area contributed by atoms with Crippen molar-refractivity contribution in [2.45, 2.75) is 13.3 Å². The first-order chi connectivity index (χ1) is 9.60. The molecule has 6 nitrogen and oxygen atoms in total. The van der Waals surface area contributed by atoms with Crippen molar-refractivity contribution in [2.24, 2.45) is 10.2 Å². The van der Waals surface area contributed by atoms with Gasteiger partial charge in [-0.15, -0.1) is 0 Å². The minimum Gasteiger partial charge on any atom is -0.399 e. The van der Waals surface area contributed by atoms with Gasteiger partial charge in [-0.2, -0.15) is 10.2 Å². The molecular formula is C14H14N4O2. The van der Waals surface area contributed by atoms with Crippen LogP contribution in [0.15, 0.2) is 52.7 Å². The topological polar surface area (TPSA) is 93.9 Å². The van der Waals surface area contributed by atoms with E-state index in [0.29, 0.717) is 11.4 Å². The van der Waals surface area contributed by atoms with Gasteiger partial charge in [0, 0.05) is 17.8 Å². The summed E-state index contributed by atoms with van der Waals surface area (Å²) >= 11 is 0. The fourth-order valence-corrected chi connectivity index (χ4v) is 1.74. The van der Waals surface area contributed by atoms with Gasteiger partial charge >= 0.3 is 0 Å². The van der Waals surface area contributed by atoms with E-state index in [1.165, 1.54) is 12.1 Å². The number of azo groups is 1. The molecule has 0 spiro atoms. The zero-order valence-corrected chi connectivity index (χ0v) is 11.0. The smallest absolute Gasteiger partial charge is 0.269 e. The monoisotopic (exact) mass is 270 g/mol. The number of hydrogen-bond acceptors (Lipinski definition) is 5. The number of non-ortho nitro benzene ring substituents is 1. The largest absolute Gasteiger partial charge is 0.399 e. The number of anilines is 1. The van der Waals surface area contributed by atoms with E-state index in [0.717, 1.165) is 17.7 Å². The molecule has 0 atom stereocenters. The van der Waals surface area contributed by atoms with Gasteiger partial charge in [-0.25, -0.2) is 0 Å².